The number of hydrogen-bond acceptors (Lipinski definition) is 3. The van der Waals surface area contributed by atoms with Crippen LogP contribution in [-0.2, 0) is 4.79 Å². The van der Waals surface area contributed by atoms with Gasteiger partial charge in [0.2, 0.25) is 0 Å². The molecule has 3 unspecified atom stereocenters. The van der Waals surface area contributed by atoms with E-state index in [-0.39, 0.29) is 28.4 Å². The average molecular weight is 388 g/mol. The first-order valence-electron chi connectivity index (χ1n) is 10.1. The number of benzene rings is 2. The lowest BCUT2D eigenvalue weighted by Crippen LogP contribution is -2.40. The molecular formula is C24H24N2O3. The molecule has 5 nitrogen and oxygen atoms in total. The molecule has 0 radical (unpaired) electrons. The molecule has 0 amide bonds. The van der Waals surface area contributed by atoms with Crippen LogP contribution < -0.4 is 11.1 Å². The molecule has 1 fully saturated rings. The minimum Gasteiger partial charge on any atom is -0.299 e. The summed E-state index contributed by atoms with van der Waals surface area (Å²) >= 11 is 0. The Morgan fingerprint density at radius 1 is 0.862 bits per heavy atom. The van der Waals surface area contributed by atoms with Gasteiger partial charge in [-0.2, -0.15) is 0 Å². The summed E-state index contributed by atoms with van der Waals surface area (Å²) in [6, 6.07) is 14.1. The van der Waals surface area contributed by atoms with E-state index in [1.165, 1.54) is 0 Å². The Balaban J connectivity index is 1.90. The number of carbonyl (C=O) groups excluding carboxylic acids is 1. The van der Waals surface area contributed by atoms with Gasteiger partial charge >= 0.3 is 0 Å². The molecule has 0 N–H and O–H groups in total. The number of ketones is 1. The Morgan fingerprint density at radius 2 is 1.45 bits per heavy atom. The monoisotopic (exact) mass is 388 g/mol. The Labute approximate surface area is 168 Å². The highest BCUT2D eigenvalue weighted by Gasteiger charge is 2.52. The molecule has 3 aromatic rings. The van der Waals surface area contributed by atoms with Crippen molar-refractivity contribution in [2.24, 2.45) is 11.3 Å². The zero-order chi connectivity index (χ0) is 20.5. The number of aromatic nitrogens is 2. The number of fused-ring (bicyclic) bond motifs is 4. The van der Waals surface area contributed by atoms with Gasteiger partial charge in [0, 0.05) is 6.42 Å². The minimum atomic E-state index is -0.449. The summed E-state index contributed by atoms with van der Waals surface area (Å²) in [5, 5.41) is 0.839. The maximum Gasteiger partial charge on any atom is 0.273 e. The first-order valence-corrected chi connectivity index (χ1v) is 10.1. The summed E-state index contributed by atoms with van der Waals surface area (Å²) in [6.07, 6.45) is 1.16. The molecule has 2 aliphatic rings. The molecule has 1 aliphatic heterocycles. The van der Waals surface area contributed by atoms with Crippen molar-refractivity contribution >= 4 is 16.6 Å². The molecule has 2 heterocycles. The minimum absolute atomic E-state index is 0.138. The molecule has 1 aliphatic carbocycles. The van der Waals surface area contributed by atoms with Gasteiger partial charge in [-0.3, -0.25) is 14.4 Å². The van der Waals surface area contributed by atoms with Crippen molar-refractivity contribution < 1.29 is 4.79 Å². The standard InChI is InChI=1S/C24H24N2O3/c1-14-8-4-5-9-15(14)21-20-18(12-24(2,3)13-19(20)27)25-22(28)16-10-6-7-11-17(16)23(29)26(21)25/h4-11,18,20-21H,12-13H2,1-3H3. The van der Waals surface area contributed by atoms with Crippen molar-refractivity contribution in [2.75, 3.05) is 0 Å². The van der Waals surface area contributed by atoms with E-state index in [1.54, 1.807) is 33.6 Å². The Hall–Kier alpha value is -2.95. The van der Waals surface area contributed by atoms with Crippen LogP contribution in [0.3, 0.4) is 0 Å². The van der Waals surface area contributed by atoms with Crippen molar-refractivity contribution in [3.63, 3.8) is 0 Å². The molecule has 0 bridgehead atoms. The normalized spacial score (nSPS) is 25.1. The Kier molecular flexibility index (Phi) is 3.76. The van der Waals surface area contributed by atoms with Gasteiger partial charge < -0.3 is 0 Å². The van der Waals surface area contributed by atoms with Crippen LogP contribution in [0, 0.1) is 18.3 Å². The van der Waals surface area contributed by atoms with E-state index in [4.69, 9.17) is 0 Å². The fraction of sp³-hybridized carbons (Fsp3) is 0.375. The molecule has 2 aromatic carbocycles. The number of Topliss-reactive ketones (excluding diaryl/α,β-unsaturated/α-hetero) is 1. The molecule has 29 heavy (non-hydrogen) atoms. The van der Waals surface area contributed by atoms with Crippen LogP contribution in [0.15, 0.2) is 58.1 Å². The topological polar surface area (TPSA) is 61.1 Å². The zero-order valence-corrected chi connectivity index (χ0v) is 16.9. The van der Waals surface area contributed by atoms with Crippen molar-refractivity contribution in [1.29, 1.82) is 0 Å². The summed E-state index contributed by atoms with van der Waals surface area (Å²) in [5.41, 5.74) is 1.38. The number of carbonyl (C=O) groups is 1. The van der Waals surface area contributed by atoms with Gasteiger partial charge in [0.1, 0.15) is 5.78 Å². The number of nitrogens with zero attached hydrogens (tertiary/aromatic N) is 2. The van der Waals surface area contributed by atoms with Crippen LogP contribution in [0.5, 0.6) is 0 Å². The van der Waals surface area contributed by atoms with E-state index < -0.39 is 12.0 Å². The summed E-state index contributed by atoms with van der Waals surface area (Å²) < 4.78 is 3.19. The summed E-state index contributed by atoms with van der Waals surface area (Å²) in [7, 11) is 0. The van der Waals surface area contributed by atoms with Gasteiger partial charge in [-0.1, -0.05) is 50.2 Å². The predicted molar refractivity (Wildman–Crippen MR) is 112 cm³/mol. The van der Waals surface area contributed by atoms with Crippen LogP contribution in [-0.4, -0.2) is 15.1 Å². The molecule has 148 valence electrons. The molecular weight excluding hydrogens is 364 g/mol. The fourth-order valence-corrected chi connectivity index (χ4v) is 5.46. The van der Waals surface area contributed by atoms with Crippen LogP contribution in [0.4, 0.5) is 0 Å². The highest BCUT2D eigenvalue weighted by Crippen LogP contribution is 2.51. The van der Waals surface area contributed by atoms with E-state index in [0.29, 0.717) is 23.6 Å². The van der Waals surface area contributed by atoms with E-state index in [2.05, 4.69) is 13.8 Å². The van der Waals surface area contributed by atoms with Crippen LogP contribution in [0.25, 0.3) is 10.8 Å². The predicted octanol–water partition coefficient (Wildman–Crippen LogP) is 3.62. The van der Waals surface area contributed by atoms with E-state index in [9.17, 15) is 14.4 Å². The first-order chi connectivity index (χ1) is 13.8. The molecule has 1 aromatic heterocycles. The van der Waals surface area contributed by atoms with Gasteiger partial charge in [-0.15, -0.1) is 0 Å². The van der Waals surface area contributed by atoms with Crippen LogP contribution in [0.2, 0.25) is 0 Å². The Bertz CT molecular complexity index is 1280. The van der Waals surface area contributed by atoms with Crippen molar-refractivity contribution in [3.05, 3.63) is 80.4 Å². The molecule has 1 saturated carbocycles. The summed E-state index contributed by atoms with van der Waals surface area (Å²) in [5.74, 6) is -0.259. The largest absolute Gasteiger partial charge is 0.299 e. The van der Waals surface area contributed by atoms with Gasteiger partial charge in [-0.05, 0) is 42.0 Å². The third kappa shape index (κ3) is 2.49. The second kappa shape index (κ2) is 6.02. The lowest BCUT2D eigenvalue weighted by atomic mass is 9.67. The number of hydrogen-bond donors (Lipinski definition) is 0. The smallest absolute Gasteiger partial charge is 0.273 e. The van der Waals surface area contributed by atoms with Gasteiger partial charge in [0.05, 0.1) is 28.8 Å². The maximum absolute atomic E-state index is 13.6. The van der Waals surface area contributed by atoms with Crippen molar-refractivity contribution in [1.82, 2.24) is 9.36 Å². The number of aryl methyl sites for hydroxylation is 1. The molecule has 3 atom stereocenters. The Morgan fingerprint density at radius 3 is 2.10 bits per heavy atom. The molecule has 5 rings (SSSR count). The lowest BCUT2D eigenvalue weighted by molar-refractivity contribution is -0.129. The summed E-state index contributed by atoms with van der Waals surface area (Å²) in [6.45, 7) is 6.13. The van der Waals surface area contributed by atoms with Crippen molar-refractivity contribution in [2.45, 2.75) is 45.7 Å². The van der Waals surface area contributed by atoms with Gasteiger partial charge in [0.15, 0.2) is 0 Å². The van der Waals surface area contributed by atoms with Gasteiger partial charge in [-0.25, -0.2) is 9.36 Å². The lowest BCUT2D eigenvalue weighted by Gasteiger charge is -2.37. The fourth-order valence-electron chi connectivity index (χ4n) is 5.46. The van der Waals surface area contributed by atoms with Gasteiger partial charge in [0.25, 0.3) is 11.1 Å². The number of rotatable bonds is 1. The molecule has 0 spiro atoms. The highest BCUT2D eigenvalue weighted by molar-refractivity contribution is 5.85. The third-order valence-corrected chi connectivity index (χ3v) is 6.66. The molecule has 0 saturated heterocycles. The van der Waals surface area contributed by atoms with E-state index in [0.717, 1.165) is 11.1 Å². The average Bonchev–Trinajstić information content (AvgIpc) is 3.01. The zero-order valence-electron chi connectivity index (χ0n) is 16.9. The summed E-state index contributed by atoms with van der Waals surface area (Å²) in [4.78, 5) is 40.4. The van der Waals surface area contributed by atoms with Crippen LogP contribution >= 0.6 is 0 Å². The van der Waals surface area contributed by atoms with Crippen LogP contribution in [0.1, 0.15) is 49.9 Å². The first kappa shape index (κ1) is 18.1. The highest BCUT2D eigenvalue weighted by atomic mass is 16.2. The maximum atomic E-state index is 13.6. The molecule has 5 heteroatoms. The third-order valence-electron chi connectivity index (χ3n) is 6.66. The van der Waals surface area contributed by atoms with E-state index in [1.807, 2.05) is 31.2 Å². The second-order valence-electron chi connectivity index (χ2n) is 9.25. The SMILES string of the molecule is Cc1ccccc1C1C2C(=O)CC(C)(C)CC2n2c(=O)c3ccccc3c(=O)n21. The van der Waals surface area contributed by atoms with E-state index >= 15 is 0 Å². The quantitative estimate of drug-likeness (QED) is 0.640. The van der Waals surface area contributed by atoms with Crippen molar-refractivity contribution in [3.8, 4) is 0 Å². The second-order valence-corrected chi connectivity index (χ2v) is 9.25.